The molecule has 0 saturated heterocycles. The molecule has 1 N–H and O–H groups in total. The molecule has 0 aliphatic heterocycles. The summed E-state index contributed by atoms with van der Waals surface area (Å²) in [5, 5.41) is 4.84. The highest BCUT2D eigenvalue weighted by Gasteiger charge is 2.27. The Balaban J connectivity index is 1.60. The van der Waals surface area contributed by atoms with Crippen LogP contribution < -0.4 is 5.32 Å². The summed E-state index contributed by atoms with van der Waals surface area (Å²) in [5.74, 6) is 0.904. The predicted octanol–water partition coefficient (Wildman–Crippen LogP) is 4.76. The Morgan fingerprint density at radius 3 is 2.65 bits per heavy atom. The Morgan fingerprint density at radius 2 is 1.90 bits per heavy atom. The summed E-state index contributed by atoms with van der Waals surface area (Å²) in [6.45, 7) is 2.34. The van der Waals surface area contributed by atoms with Gasteiger partial charge < -0.3 is 5.32 Å². The molecular weight excluding hydrogens is 266 g/mol. The maximum atomic E-state index is 6.11. The highest BCUT2D eigenvalue weighted by atomic mass is 35.5. The van der Waals surface area contributed by atoms with Gasteiger partial charge in [-0.05, 0) is 61.3 Å². The molecule has 2 atom stereocenters. The lowest BCUT2D eigenvalue weighted by molar-refractivity contribution is 0.246. The Bertz CT molecular complexity index is 451. The van der Waals surface area contributed by atoms with Gasteiger partial charge in [0, 0.05) is 17.1 Å². The van der Waals surface area contributed by atoms with E-state index in [0.717, 1.165) is 17.4 Å². The van der Waals surface area contributed by atoms with Crippen LogP contribution in [0.25, 0.3) is 0 Å². The number of rotatable bonds is 4. The van der Waals surface area contributed by atoms with Gasteiger partial charge in [-0.25, -0.2) is 0 Å². The van der Waals surface area contributed by atoms with E-state index in [2.05, 4.69) is 24.4 Å². The van der Waals surface area contributed by atoms with Crippen molar-refractivity contribution in [3.05, 3.63) is 34.3 Å². The largest absolute Gasteiger partial charge is 0.310 e. The van der Waals surface area contributed by atoms with Gasteiger partial charge in [-0.2, -0.15) is 0 Å². The summed E-state index contributed by atoms with van der Waals surface area (Å²) in [5.41, 5.74) is 2.94. The van der Waals surface area contributed by atoms with Crippen molar-refractivity contribution in [3.8, 4) is 0 Å². The van der Waals surface area contributed by atoms with Crippen molar-refractivity contribution in [3.63, 3.8) is 0 Å². The van der Waals surface area contributed by atoms with Crippen molar-refractivity contribution in [2.24, 2.45) is 5.92 Å². The standard InChI is InChI=1S/C18H26ClN/c1-2-18(13-6-4-3-5-7-13)20-17-11-14-8-9-16(19)10-15(14)12-17/h8-10,13,17-18,20H,2-7,11-12H2,1H3. The van der Waals surface area contributed by atoms with E-state index >= 15 is 0 Å². The van der Waals surface area contributed by atoms with Crippen LogP contribution in [0.5, 0.6) is 0 Å². The summed E-state index contributed by atoms with van der Waals surface area (Å²) >= 11 is 6.11. The summed E-state index contributed by atoms with van der Waals surface area (Å²) in [6, 6.07) is 7.72. The molecule has 0 radical (unpaired) electrons. The first kappa shape index (κ1) is 14.4. The number of hydrogen-bond acceptors (Lipinski definition) is 1. The van der Waals surface area contributed by atoms with E-state index in [0.29, 0.717) is 12.1 Å². The molecule has 110 valence electrons. The number of benzene rings is 1. The summed E-state index contributed by atoms with van der Waals surface area (Å²) in [4.78, 5) is 0. The highest BCUT2D eigenvalue weighted by Crippen LogP contribution is 2.30. The van der Waals surface area contributed by atoms with E-state index in [-0.39, 0.29) is 0 Å². The number of fused-ring (bicyclic) bond motifs is 1. The van der Waals surface area contributed by atoms with Crippen molar-refractivity contribution in [2.75, 3.05) is 0 Å². The maximum Gasteiger partial charge on any atom is 0.0408 e. The first-order valence-corrected chi connectivity index (χ1v) is 8.67. The van der Waals surface area contributed by atoms with Crippen LogP contribution in [0.1, 0.15) is 56.6 Å². The normalized spacial score (nSPS) is 24.6. The van der Waals surface area contributed by atoms with Crippen LogP contribution in [-0.4, -0.2) is 12.1 Å². The zero-order valence-corrected chi connectivity index (χ0v) is 13.3. The minimum atomic E-state index is 0.621. The molecule has 20 heavy (non-hydrogen) atoms. The minimum absolute atomic E-state index is 0.621. The molecule has 3 rings (SSSR count). The second-order valence-electron chi connectivity index (χ2n) is 6.60. The van der Waals surface area contributed by atoms with E-state index in [9.17, 15) is 0 Å². The second kappa shape index (κ2) is 6.49. The fraction of sp³-hybridized carbons (Fsp3) is 0.667. The maximum absolute atomic E-state index is 6.11. The van der Waals surface area contributed by atoms with Crippen LogP contribution in [0.3, 0.4) is 0 Å². The van der Waals surface area contributed by atoms with Crippen LogP contribution in [0.4, 0.5) is 0 Å². The first-order chi connectivity index (χ1) is 9.76. The topological polar surface area (TPSA) is 12.0 Å². The van der Waals surface area contributed by atoms with Crippen molar-refractivity contribution in [2.45, 2.75) is 70.4 Å². The summed E-state index contributed by atoms with van der Waals surface area (Å²) < 4.78 is 0. The smallest absolute Gasteiger partial charge is 0.0408 e. The van der Waals surface area contributed by atoms with Gasteiger partial charge in [0.15, 0.2) is 0 Å². The molecule has 0 aromatic heterocycles. The molecule has 0 bridgehead atoms. The van der Waals surface area contributed by atoms with Gasteiger partial charge in [-0.3, -0.25) is 0 Å². The third-order valence-corrected chi connectivity index (χ3v) is 5.44. The zero-order valence-electron chi connectivity index (χ0n) is 12.5. The van der Waals surface area contributed by atoms with Crippen LogP contribution >= 0.6 is 11.6 Å². The van der Waals surface area contributed by atoms with Gasteiger partial charge >= 0.3 is 0 Å². The van der Waals surface area contributed by atoms with Crippen LogP contribution in [0.2, 0.25) is 5.02 Å². The third-order valence-electron chi connectivity index (χ3n) is 5.21. The SMILES string of the molecule is CCC(NC1Cc2ccc(Cl)cc2C1)C1CCCCC1. The van der Waals surface area contributed by atoms with Gasteiger partial charge in [-0.1, -0.05) is 43.9 Å². The van der Waals surface area contributed by atoms with Crippen LogP contribution in [0.15, 0.2) is 18.2 Å². The Hall–Kier alpha value is -0.530. The zero-order chi connectivity index (χ0) is 13.9. The number of halogens is 1. The predicted molar refractivity (Wildman–Crippen MR) is 86.4 cm³/mol. The first-order valence-electron chi connectivity index (χ1n) is 8.29. The fourth-order valence-electron chi connectivity index (χ4n) is 4.13. The molecule has 0 spiro atoms. The van der Waals surface area contributed by atoms with Crippen molar-refractivity contribution in [1.82, 2.24) is 5.32 Å². The molecule has 1 aromatic carbocycles. The van der Waals surface area contributed by atoms with Gasteiger partial charge in [0.1, 0.15) is 0 Å². The van der Waals surface area contributed by atoms with Crippen molar-refractivity contribution < 1.29 is 0 Å². The van der Waals surface area contributed by atoms with Gasteiger partial charge in [0.05, 0.1) is 0 Å². The molecule has 0 heterocycles. The molecule has 0 amide bonds. The lowest BCUT2D eigenvalue weighted by atomic mass is 9.82. The molecule has 1 saturated carbocycles. The van der Waals surface area contributed by atoms with E-state index in [1.54, 1.807) is 0 Å². The van der Waals surface area contributed by atoms with E-state index in [1.165, 1.54) is 56.1 Å². The number of nitrogens with one attached hydrogen (secondary N) is 1. The van der Waals surface area contributed by atoms with Crippen molar-refractivity contribution >= 4 is 11.6 Å². The number of hydrogen-bond donors (Lipinski definition) is 1. The highest BCUT2D eigenvalue weighted by molar-refractivity contribution is 6.30. The summed E-state index contributed by atoms with van der Waals surface area (Å²) in [6.07, 6.45) is 10.8. The summed E-state index contributed by atoms with van der Waals surface area (Å²) in [7, 11) is 0. The molecule has 1 nitrogen and oxygen atoms in total. The Labute approximate surface area is 128 Å². The second-order valence-corrected chi connectivity index (χ2v) is 7.03. The molecule has 1 fully saturated rings. The lowest BCUT2D eigenvalue weighted by Gasteiger charge is -2.32. The van der Waals surface area contributed by atoms with E-state index < -0.39 is 0 Å². The fourth-order valence-corrected chi connectivity index (χ4v) is 4.33. The van der Waals surface area contributed by atoms with E-state index in [4.69, 9.17) is 11.6 Å². The Morgan fingerprint density at radius 1 is 1.15 bits per heavy atom. The lowest BCUT2D eigenvalue weighted by Crippen LogP contribution is -2.43. The average Bonchev–Trinajstić information content (AvgIpc) is 2.87. The Kier molecular flexibility index (Phi) is 4.68. The third kappa shape index (κ3) is 3.20. The van der Waals surface area contributed by atoms with Crippen LogP contribution in [-0.2, 0) is 12.8 Å². The molecular formula is C18H26ClN. The average molecular weight is 292 g/mol. The van der Waals surface area contributed by atoms with E-state index in [1.807, 2.05) is 6.07 Å². The quantitative estimate of drug-likeness (QED) is 0.844. The molecule has 2 unspecified atom stereocenters. The van der Waals surface area contributed by atoms with Crippen LogP contribution in [0, 0.1) is 5.92 Å². The monoisotopic (exact) mass is 291 g/mol. The minimum Gasteiger partial charge on any atom is -0.310 e. The molecule has 1 aromatic rings. The molecule has 2 aliphatic rings. The van der Waals surface area contributed by atoms with Gasteiger partial charge in [0.25, 0.3) is 0 Å². The van der Waals surface area contributed by atoms with Gasteiger partial charge in [0.2, 0.25) is 0 Å². The van der Waals surface area contributed by atoms with Gasteiger partial charge in [-0.15, -0.1) is 0 Å². The molecule has 2 heteroatoms. The molecule has 2 aliphatic carbocycles. The van der Waals surface area contributed by atoms with Crippen molar-refractivity contribution in [1.29, 1.82) is 0 Å².